The Bertz CT molecular complexity index is 586. The van der Waals surface area contributed by atoms with Crippen LogP contribution in [0.25, 0.3) is 0 Å². The Balaban J connectivity index is 2.33. The minimum Gasteiger partial charge on any atom is -0.366 e. The predicted octanol–water partition coefficient (Wildman–Crippen LogP) is -0.232. The Morgan fingerprint density at radius 3 is 2.84 bits per heavy atom. The molecule has 1 amide bonds. The molecule has 0 aromatic heterocycles. The summed E-state index contributed by atoms with van der Waals surface area (Å²) in [7, 11) is -3.57. The van der Waals surface area contributed by atoms with E-state index in [2.05, 4.69) is 5.32 Å². The Labute approximate surface area is 112 Å². The average Bonchev–Trinajstić information content (AvgIpc) is 2.39. The third kappa shape index (κ3) is 2.94. The van der Waals surface area contributed by atoms with Gasteiger partial charge in [-0.25, -0.2) is 8.42 Å². The van der Waals surface area contributed by atoms with Crippen molar-refractivity contribution < 1.29 is 13.2 Å². The molecule has 0 saturated carbocycles. The summed E-state index contributed by atoms with van der Waals surface area (Å²) in [5.74, 6) is -0.634. The maximum absolute atomic E-state index is 12.5. The first kappa shape index (κ1) is 14.0. The maximum atomic E-state index is 12.5. The number of hydrogen-bond donors (Lipinski definition) is 2. The summed E-state index contributed by atoms with van der Waals surface area (Å²) in [5, 5.41) is 3.18. The SMILES string of the molecule is CC1CN(S(=O)(=O)c2cccc(C(N)=O)c2)CCN1. The standard InChI is InChI=1S/C12H17N3O3S/c1-9-8-15(6-5-14-9)19(17,18)11-4-2-3-10(7-11)12(13)16/h2-4,7,9,14H,5-6,8H2,1H3,(H2,13,16). The van der Waals surface area contributed by atoms with Crippen molar-refractivity contribution in [1.82, 2.24) is 9.62 Å². The highest BCUT2D eigenvalue weighted by molar-refractivity contribution is 7.89. The molecule has 1 aromatic rings. The van der Waals surface area contributed by atoms with E-state index in [0.29, 0.717) is 19.6 Å². The van der Waals surface area contributed by atoms with Gasteiger partial charge in [-0.15, -0.1) is 0 Å². The molecule has 0 radical (unpaired) electrons. The maximum Gasteiger partial charge on any atom is 0.248 e. The van der Waals surface area contributed by atoms with Crippen molar-refractivity contribution in [2.75, 3.05) is 19.6 Å². The van der Waals surface area contributed by atoms with Gasteiger partial charge in [0.1, 0.15) is 0 Å². The van der Waals surface area contributed by atoms with Gasteiger partial charge in [0.15, 0.2) is 0 Å². The summed E-state index contributed by atoms with van der Waals surface area (Å²) in [6, 6.07) is 5.95. The van der Waals surface area contributed by atoms with Crippen molar-refractivity contribution in [3.05, 3.63) is 29.8 Å². The molecule has 3 N–H and O–H groups in total. The van der Waals surface area contributed by atoms with Crippen LogP contribution < -0.4 is 11.1 Å². The van der Waals surface area contributed by atoms with Gasteiger partial charge in [0.25, 0.3) is 0 Å². The number of rotatable bonds is 3. The number of carbonyl (C=O) groups excluding carboxylic acids is 1. The van der Waals surface area contributed by atoms with Gasteiger partial charge < -0.3 is 11.1 Å². The van der Waals surface area contributed by atoms with Crippen molar-refractivity contribution in [3.8, 4) is 0 Å². The van der Waals surface area contributed by atoms with Crippen LogP contribution in [0.15, 0.2) is 29.2 Å². The number of nitrogens with one attached hydrogen (secondary N) is 1. The molecule has 0 aliphatic carbocycles. The Kier molecular flexibility index (Phi) is 3.88. The van der Waals surface area contributed by atoms with E-state index >= 15 is 0 Å². The summed E-state index contributed by atoms with van der Waals surface area (Å²) in [5.41, 5.74) is 5.37. The summed E-state index contributed by atoms with van der Waals surface area (Å²) >= 11 is 0. The third-order valence-electron chi connectivity index (χ3n) is 3.09. The average molecular weight is 283 g/mol. The van der Waals surface area contributed by atoms with Crippen molar-refractivity contribution in [1.29, 1.82) is 0 Å². The molecule has 1 heterocycles. The predicted molar refractivity (Wildman–Crippen MR) is 71.2 cm³/mol. The molecule has 1 aliphatic heterocycles. The van der Waals surface area contributed by atoms with Gasteiger partial charge in [-0.05, 0) is 25.1 Å². The van der Waals surface area contributed by atoms with Gasteiger partial charge in [-0.2, -0.15) is 4.31 Å². The van der Waals surface area contributed by atoms with E-state index in [0.717, 1.165) is 0 Å². The molecular formula is C12H17N3O3S. The smallest absolute Gasteiger partial charge is 0.248 e. The Morgan fingerprint density at radius 2 is 2.21 bits per heavy atom. The minimum absolute atomic E-state index is 0.109. The number of piperazine rings is 1. The second-order valence-corrected chi connectivity index (χ2v) is 6.55. The normalized spacial score (nSPS) is 21.2. The van der Waals surface area contributed by atoms with E-state index in [-0.39, 0.29) is 16.5 Å². The van der Waals surface area contributed by atoms with Crippen LogP contribution in [0.1, 0.15) is 17.3 Å². The van der Waals surface area contributed by atoms with E-state index in [4.69, 9.17) is 5.73 Å². The molecule has 1 aromatic carbocycles. The number of amides is 1. The molecule has 0 spiro atoms. The van der Waals surface area contributed by atoms with Gasteiger partial charge in [-0.3, -0.25) is 4.79 Å². The number of benzene rings is 1. The topological polar surface area (TPSA) is 92.5 Å². The molecular weight excluding hydrogens is 266 g/mol. The van der Waals surface area contributed by atoms with Crippen molar-refractivity contribution in [2.45, 2.75) is 17.9 Å². The summed E-state index contributed by atoms with van der Waals surface area (Å²) < 4.78 is 26.3. The van der Waals surface area contributed by atoms with E-state index in [1.807, 2.05) is 6.92 Å². The lowest BCUT2D eigenvalue weighted by Crippen LogP contribution is -2.51. The van der Waals surface area contributed by atoms with Crippen LogP contribution >= 0.6 is 0 Å². The lowest BCUT2D eigenvalue weighted by atomic mass is 10.2. The number of primary amides is 1. The van der Waals surface area contributed by atoms with Gasteiger partial charge in [0, 0.05) is 31.2 Å². The third-order valence-corrected chi connectivity index (χ3v) is 4.95. The van der Waals surface area contributed by atoms with Crippen LogP contribution in [0.4, 0.5) is 0 Å². The minimum atomic E-state index is -3.57. The van der Waals surface area contributed by atoms with Crippen molar-refractivity contribution >= 4 is 15.9 Å². The Hall–Kier alpha value is -1.44. The molecule has 1 unspecified atom stereocenters. The summed E-state index contributed by atoms with van der Waals surface area (Å²) in [6.45, 7) is 3.40. The van der Waals surface area contributed by atoms with Crippen molar-refractivity contribution in [3.63, 3.8) is 0 Å². The summed E-state index contributed by atoms with van der Waals surface area (Å²) in [6.07, 6.45) is 0. The zero-order valence-electron chi connectivity index (χ0n) is 10.7. The van der Waals surface area contributed by atoms with Crippen LogP contribution in [-0.4, -0.2) is 44.3 Å². The fourth-order valence-corrected chi connectivity index (χ4v) is 3.65. The van der Waals surface area contributed by atoms with Gasteiger partial charge in [-0.1, -0.05) is 6.07 Å². The molecule has 1 fully saturated rings. The molecule has 2 rings (SSSR count). The van der Waals surface area contributed by atoms with Crippen LogP contribution in [-0.2, 0) is 10.0 Å². The molecule has 104 valence electrons. The fraction of sp³-hybridized carbons (Fsp3) is 0.417. The second kappa shape index (κ2) is 5.28. The highest BCUT2D eigenvalue weighted by Gasteiger charge is 2.28. The Morgan fingerprint density at radius 1 is 1.47 bits per heavy atom. The number of sulfonamides is 1. The molecule has 19 heavy (non-hydrogen) atoms. The number of hydrogen-bond acceptors (Lipinski definition) is 4. The molecule has 1 atom stereocenters. The second-order valence-electron chi connectivity index (χ2n) is 4.61. The fourth-order valence-electron chi connectivity index (χ4n) is 2.07. The molecule has 7 heteroatoms. The summed E-state index contributed by atoms with van der Waals surface area (Å²) in [4.78, 5) is 11.2. The molecule has 6 nitrogen and oxygen atoms in total. The molecule has 0 bridgehead atoms. The molecule has 1 aliphatic rings. The number of carbonyl (C=O) groups is 1. The first-order valence-electron chi connectivity index (χ1n) is 6.04. The number of nitrogens with zero attached hydrogens (tertiary/aromatic N) is 1. The van der Waals surface area contributed by atoms with Crippen molar-refractivity contribution in [2.24, 2.45) is 5.73 Å². The van der Waals surface area contributed by atoms with Gasteiger partial charge >= 0.3 is 0 Å². The quantitative estimate of drug-likeness (QED) is 0.801. The van der Waals surface area contributed by atoms with E-state index < -0.39 is 15.9 Å². The van der Waals surface area contributed by atoms with E-state index in [1.165, 1.54) is 28.6 Å². The largest absolute Gasteiger partial charge is 0.366 e. The first-order valence-corrected chi connectivity index (χ1v) is 7.48. The van der Waals surface area contributed by atoms with E-state index in [1.54, 1.807) is 0 Å². The highest BCUT2D eigenvalue weighted by atomic mass is 32.2. The van der Waals surface area contributed by atoms with E-state index in [9.17, 15) is 13.2 Å². The van der Waals surface area contributed by atoms with Gasteiger partial charge in [0.05, 0.1) is 4.90 Å². The zero-order valence-corrected chi connectivity index (χ0v) is 11.5. The van der Waals surface area contributed by atoms with Crippen LogP contribution in [0.2, 0.25) is 0 Å². The van der Waals surface area contributed by atoms with Crippen LogP contribution in [0, 0.1) is 0 Å². The van der Waals surface area contributed by atoms with Gasteiger partial charge in [0.2, 0.25) is 15.9 Å². The monoisotopic (exact) mass is 283 g/mol. The lowest BCUT2D eigenvalue weighted by Gasteiger charge is -2.31. The van der Waals surface area contributed by atoms with Crippen LogP contribution in [0.5, 0.6) is 0 Å². The van der Waals surface area contributed by atoms with Crippen LogP contribution in [0.3, 0.4) is 0 Å². The lowest BCUT2D eigenvalue weighted by molar-refractivity contribution is 0.1000. The highest BCUT2D eigenvalue weighted by Crippen LogP contribution is 2.18. The number of nitrogens with two attached hydrogens (primary N) is 1. The molecule has 1 saturated heterocycles. The first-order chi connectivity index (χ1) is 8.91. The zero-order chi connectivity index (χ0) is 14.0.